The van der Waals surface area contributed by atoms with Gasteiger partial charge in [0.15, 0.2) is 11.5 Å². The monoisotopic (exact) mass is 467 g/mol. The van der Waals surface area contributed by atoms with Crippen LogP contribution < -0.4 is 14.8 Å². The molecule has 7 heteroatoms. The van der Waals surface area contributed by atoms with Gasteiger partial charge in [-0.05, 0) is 68.3 Å². The fraction of sp³-hybridized carbons (Fsp3) is 0.577. The molecule has 1 N–H and O–H groups in total. The standard InChI is InChI=1S/C26H36F3NO3/c1-19(2)25(21(13-17-31)9-5-10-24(25)26(27,28)29)14-7-16-30-15-6-8-20-11-12-22(32-3)23(18-20)33-4/h5,9-12,17-19,21,30H,6-8,13-16H2,1-4H3. The van der Waals surface area contributed by atoms with Crippen molar-refractivity contribution in [3.8, 4) is 11.5 Å². The van der Waals surface area contributed by atoms with Gasteiger partial charge < -0.3 is 19.6 Å². The Morgan fingerprint density at radius 1 is 1.12 bits per heavy atom. The third-order valence-corrected chi connectivity index (χ3v) is 6.67. The van der Waals surface area contributed by atoms with Gasteiger partial charge in [0.2, 0.25) is 0 Å². The third-order valence-electron chi connectivity index (χ3n) is 6.67. The molecule has 4 nitrogen and oxygen atoms in total. The van der Waals surface area contributed by atoms with Crippen molar-refractivity contribution < 1.29 is 27.4 Å². The number of aryl methyl sites for hydroxylation is 1. The number of hydrogen-bond donors (Lipinski definition) is 1. The van der Waals surface area contributed by atoms with Crippen LogP contribution in [-0.2, 0) is 11.2 Å². The zero-order valence-electron chi connectivity index (χ0n) is 20.0. The van der Waals surface area contributed by atoms with E-state index in [1.807, 2.05) is 32.0 Å². The molecule has 0 bridgehead atoms. The lowest BCUT2D eigenvalue weighted by Crippen LogP contribution is -2.44. The minimum Gasteiger partial charge on any atom is -0.493 e. The van der Waals surface area contributed by atoms with E-state index in [4.69, 9.17) is 9.47 Å². The molecule has 2 rings (SSSR count). The molecule has 1 aromatic rings. The number of benzene rings is 1. The number of methoxy groups -OCH3 is 2. The fourth-order valence-corrected chi connectivity index (χ4v) is 5.00. The topological polar surface area (TPSA) is 47.6 Å². The highest BCUT2D eigenvalue weighted by molar-refractivity contribution is 5.52. The van der Waals surface area contributed by atoms with Crippen molar-refractivity contribution in [2.75, 3.05) is 27.3 Å². The Kier molecular flexibility index (Phi) is 10.0. The molecule has 1 aromatic carbocycles. The van der Waals surface area contributed by atoms with E-state index in [0.717, 1.165) is 31.2 Å². The number of allylic oxidation sites excluding steroid dienone is 4. The number of carbonyl (C=O) groups is 1. The average Bonchev–Trinajstić information content (AvgIpc) is 2.78. The van der Waals surface area contributed by atoms with Crippen LogP contribution in [0.1, 0.15) is 45.1 Å². The number of carbonyl (C=O) groups excluding carboxylic acids is 1. The summed E-state index contributed by atoms with van der Waals surface area (Å²) in [7, 11) is 3.21. The molecule has 0 aromatic heterocycles. The number of alkyl halides is 3. The smallest absolute Gasteiger partial charge is 0.413 e. The van der Waals surface area contributed by atoms with Crippen molar-refractivity contribution in [2.24, 2.45) is 17.3 Å². The third kappa shape index (κ3) is 6.62. The Labute approximate surface area is 195 Å². The summed E-state index contributed by atoms with van der Waals surface area (Å²) in [5.74, 6) is 0.699. The lowest BCUT2D eigenvalue weighted by Gasteiger charge is -2.47. The first kappa shape index (κ1) is 27.0. The van der Waals surface area contributed by atoms with Crippen molar-refractivity contribution >= 4 is 6.29 Å². The van der Waals surface area contributed by atoms with E-state index < -0.39 is 23.1 Å². The molecule has 0 amide bonds. The maximum Gasteiger partial charge on any atom is 0.413 e. The lowest BCUT2D eigenvalue weighted by molar-refractivity contribution is -0.122. The molecule has 0 fully saturated rings. The van der Waals surface area contributed by atoms with Gasteiger partial charge in [0.1, 0.15) is 6.29 Å². The quantitative estimate of drug-likeness (QED) is 0.289. The van der Waals surface area contributed by atoms with Crippen molar-refractivity contribution in [1.29, 1.82) is 0 Å². The van der Waals surface area contributed by atoms with Crippen molar-refractivity contribution in [3.63, 3.8) is 0 Å². The zero-order valence-corrected chi connectivity index (χ0v) is 20.0. The van der Waals surface area contributed by atoms with Crippen LogP contribution in [0.2, 0.25) is 0 Å². The molecule has 2 unspecified atom stereocenters. The molecule has 0 saturated carbocycles. The summed E-state index contributed by atoms with van der Waals surface area (Å²) in [6.07, 6.45) is 3.56. The van der Waals surface area contributed by atoms with Crippen LogP contribution >= 0.6 is 0 Å². The maximum absolute atomic E-state index is 13.9. The van der Waals surface area contributed by atoms with Crippen molar-refractivity contribution in [2.45, 2.75) is 52.1 Å². The normalized spacial score (nSPS) is 20.6. The number of ether oxygens (including phenoxy) is 2. The number of halogens is 3. The highest BCUT2D eigenvalue weighted by Crippen LogP contribution is 2.55. The second-order valence-corrected chi connectivity index (χ2v) is 8.81. The lowest BCUT2D eigenvalue weighted by atomic mass is 9.58. The van der Waals surface area contributed by atoms with Gasteiger partial charge in [0.05, 0.1) is 14.2 Å². The fourth-order valence-electron chi connectivity index (χ4n) is 5.00. The van der Waals surface area contributed by atoms with E-state index in [2.05, 4.69) is 5.32 Å². The molecule has 2 atom stereocenters. The highest BCUT2D eigenvalue weighted by atomic mass is 19.4. The molecule has 0 radical (unpaired) electrons. The van der Waals surface area contributed by atoms with Crippen LogP contribution in [-0.4, -0.2) is 39.8 Å². The van der Waals surface area contributed by atoms with Crippen molar-refractivity contribution in [3.05, 3.63) is 47.6 Å². The summed E-state index contributed by atoms with van der Waals surface area (Å²) in [4.78, 5) is 11.2. The van der Waals surface area contributed by atoms with Gasteiger partial charge >= 0.3 is 6.18 Å². The molecule has 1 aliphatic carbocycles. The maximum atomic E-state index is 13.9. The Morgan fingerprint density at radius 3 is 2.42 bits per heavy atom. The minimum absolute atomic E-state index is 0.0981. The van der Waals surface area contributed by atoms with Crippen LogP contribution in [0.25, 0.3) is 0 Å². The summed E-state index contributed by atoms with van der Waals surface area (Å²) in [6, 6.07) is 5.84. The van der Waals surface area contributed by atoms with Gasteiger partial charge in [0.25, 0.3) is 0 Å². The van der Waals surface area contributed by atoms with Gasteiger partial charge in [-0.25, -0.2) is 0 Å². The molecule has 33 heavy (non-hydrogen) atoms. The highest BCUT2D eigenvalue weighted by Gasteiger charge is 2.53. The number of nitrogens with one attached hydrogen (secondary N) is 1. The molecule has 0 spiro atoms. The Morgan fingerprint density at radius 2 is 1.82 bits per heavy atom. The van der Waals surface area contributed by atoms with Gasteiger partial charge in [-0.3, -0.25) is 0 Å². The van der Waals surface area contributed by atoms with E-state index in [1.54, 1.807) is 20.3 Å². The predicted octanol–water partition coefficient (Wildman–Crippen LogP) is 5.91. The second kappa shape index (κ2) is 12.3. The van der Waals surface area contributed by atoms with Gasteiger partial charge in [0, 0.05) is 17.4 Å². The summed E-state index contributed by atoms with van der Waals surface area (Å²) in [6.45, 7) is 5.05. The molecule has 0 saturated heterocycles. The SMILES string of the molecule is COc1ccc(CCCNCCCC2(C(C)C)C(C(F)(F)F)=CC=CC2CC=O)cc1OC. The predicted molar refractivity (Wildman–Crippen MR) is 125 cm³/mol. The minimum atomic E-state index is -4.41. The van der Waals surface area contributed by atoms with Gasteiger partial charge in [-0.2, -0.15) is 13.2 Å². The van der Waals surface area contributed by atoms with E-state index in [9.17, 15) is 18.0 Å². The summed E-state index contributed by atoms with van der Waals surface area (Å²) >= 11 is 0. The molecule has 0 aliphatic heterocycles. The Hall–Kier alpha value is -2.28. The van der Waals surface area contributed by atoms with Gasteiger partial charge in [-0.1, -0.05) is 38.1 Å². The summed E-state index contributed by atoms with van der Waals surface area (Å²) in [5.41, 5.74) is -0.457. The second-order valence-electron chi connectivity index (χ2n) is 8.81. The first-order valence-electron chi connectivity index (χ1n) is 11.5. The molecule has 1 aliphatic rings. The molecule has 0 heterocycles. The number of aldehydes is 1. The van der Waals surface area contributed by atoms with Crippen molar-refractivity contribution in [1.82, 2.24) is 5.32 Å². The molecule has 184 valence electrons. The Bertz CT molecular complexity index is 833. The van der Waals surface area contributed by atoms with Crippen LogP contribution in [0.3, 0.4) is 0 Å². The summed E-state index contributed by atoms with van der Waals surface area (Å²) in [5, 5.41) is 3.36. The van der Waals surface area contributed by atoms with Crippen LogP contribution in [0, 0.1) is 17.3 Å². The first-order valence-corrected chi connectivity index (χ1v) is 11.5. The van der Waals surface area contributed by atoms with Crippen LogP contribution in [0.5, 0.6) is 11.5 Å². The van der Waals surface area contributed by atoms with Gasteiger partial charge in [-0.15, -0.1) is 0 Å². The van der Waals surface area contributed by atoms with E-state index >= 15 is 0 Å². The van der Waals surface area contributed by atoms with E-state index in [0.29, 0.717) is 30.9 Å². The average molecular weight is 468 g/mol. The van der Waals surface area contributed by atoms with Crippen LogP contribution in [0.15, 0.2) is 42.0 Å². The van der Waals surface area contributed by atoms with E-state index in [-0.39, 0.29) is 12.3 Å². The summed E-state index contributed by atoms with van der Waals surface area (Å²) < 4.78 is 52.4. The molecular weight excluding hydrogens is 431 g/mol. The zero-order chi connectivity index (χ0) is 24.5. The number of hydrogen-bond acceptors (Lipinski definition) is 4. The van der Waals surface area contributed by atoms with Crippen LogP contribution in [0.4, 0.5) is 13.2 Å². The number of rotatable bonds is 13. The largest absolute Gasteiger partial charge is 0.493 e. The first-order chi connectivity index (χ1) is 15.7. The molecular formula is C26H36F3NO3. The Balaban J connectivity index is 1.92. The van der Waals surface area contributed by atoms with E-state index in [1.165, 1.54) is 12.2 Å².